The topological polar surface area (TPSA) is 37.2 Å². The molecule has 0 saturated heterocycles. The van der Waals surface area contributed by atoms with Crippen LogP contribution in [0, 0.1) is 18.8 Å². The summed E-state index contributed by atoms with van der Waals surface area (Å²) in [4.78, 5) is 14.0. The largest absolute Gasteiger partial charge is 0.504 e. The minimum absolute atomic E-state index is 0. The molecule has 3 aromatic heterocycles. The number of para-hydroxylation sites is 3. The fraction of sp³-hybridized carbons (Fsp3) is 0.216. The predicted molar refractivity (Wildman–Crippen MR) is 173 cm³/mol. The number of hydrogen-bond donors (Lipinski definition) is 0. The molecule has 5 nitrogen and oxygen atoms in total. The fourth-order valence-electron chi connectivity index (χ4n) is 5.92. The van der Waals surface area contributed by atoms with Crippen molar-refractivity contribution in [3.05, 3.63) is 127 Å². The van der Waals surface area contributed by atoms with Crippen LogP contribution >= 0.6 is 0 Å². The molecule has 220 valence electrons. The van der Waals surface area contributed by atoms with Gasteiger partial charge in [0.25, 0.3) is 0 Å². The van der Waals surface area contributed by atoms with Gasteiger partial charge in [-0.1, -0.05) is 76.7 Å². The second kappa shape index (κ2) is 10.6. The van der Waals surface area contributed by atoms with E-state index in [0.717, 1.165) is 44.9 Å². The Morgan fingerprint density at radius 2 is 1.47 bits per heavy atom. The summed E-state index contributed by atoms with van der Waals surface area (Å²) in [6.45, 7) is 13.2. The molecular weight excluding hydrogens is 710 g/mol. The number of rotatable bonds is 4. The van der Waals surface area contributed by atoms with Crippen molar-refractivity contribution in [3.8, 4) is 5.82 Å². The number of aromatic nitrogens is 3. The summed E-state index contributed by atoms with van der Waals surface area (Å²) in [6.07, 6.45) is 3.80. The Morgan fingerprint density at radius 3 is 2.26 bits per heavy atom. The summed E-state index contributed by atoms with van der Waals surface area (Å²) < 4.78 is 2.25. The van der Waals surface area contributed by atoms with Gasteiger partial charge in [0.1, 0.15) is 5.82 Å². The average Bonchev–Trinajstić information content (AvgIpc) is 3.51. The van der Waals surface area contributed by atoms with Crippen molar-refractivity contribution in [2.24, 2.45) is 0 Å². The molecule has 6 aromatic rings. The van der Waals surface area contributed by atoms with Gasteiger partial charge in [-0.3, -0.25) is 4.98 Å². The number of anilines is 3. The van der Waals surface area contributed by atoms with Gasteiger partial charge in [0.05, 0.1) is 0 Å². The second-order valence-corrected chi connectivity index (χ2v) is 12.7. The Morgan fingerprint density at radius 1 is 0.744 bits per heavy atom. The van der Waals surface area contributed by atoms with E-state index < -0.39 is 5.41 Å². The Bertz CT molecular complexity index is 1970. The number of hydrogen-bond acceptors (Lipinski definition) is 4. The Kier molecular flexibility index (Phi) is 7.21. The van der Waals surface area contributed by atoms with E-state index in [2.05, 4.69) is 148 Å². The van der Waals surface area contributed by atoms with Gasteiger partial charge in [-0.15, -0.1) is 5.39 Å². The van der Waals surface area contributed by atoms with Crippen molar-refractivity contribution >= 4 is 38.9 Å². The zero-order chi connectivity index (χ0) is 29.2. The molecule has 0 unspecified atom stereocenters. The summed E-state index contributed by atoms with van der Waals surface area (Å²) in [5, 5.41) is 2.35. The van der Waals surface area contributed by atoms with E-state index in [1.54, 1.807) is 0 Å². The third-order valence-electron chi connectivity index (χ3n) is 8.44. The van der Waals surface area contributed by atoms with Gasteiger partial charge in [0.2, 0.25) is 0 Å². The maximum absolute atomic E-state index is 4.84. The van der Waals surface area contributed by atoms with Crippen molar-refractivity contribution in [1.82, 2.24) is 14.5 Å². The quantitative estimate of drug-likeness (QED) is 0.170. The first-order valence-electron chi connectivity index (χ1n) is 14.4. The standard InChI is InChI=1S/C37H34N5.Pt/c1-36(2,3)25-17-19-39-35(22-25)42-30-12-8-7-11-28(30)29-16-15-26(21-33(29)42)37(4,5)34-23-27(18-20-38-34)41-24-40(6)31-13-9-10-14-32(31)41;/h7-20,22,24H,1-6H3;/q-3;. The molecule has 1 aliphatic heterocycles. The summed E-state index contributed by atoms with van der Waals surface area (Å²) >= 11 is 0. The van der Waals surface area contributed by atoms with Gasteiger partial charge in [0, 0.05) is 44.2 Å². The van der Waals surface area contributed by atoms with E-state index in [-0.39, 0.29) is 26.5 Å². The molecule has 6 heteroatoms. The molecular formula is C37H34N5Pt-3. The van der Waals surface area contributed by atoms with Gasteiger partial charge in [-0.25, -0.2) is 11.1 Å². The first kappa shape index (κ1) is 29.1. The van der Waals surface area contributed by atoms with Crippen LogP contribution in [0.25, 0.3) is 27.6 Å². The van der Waals surface area contributed by atoms with E-state index in [9.17, 15) is 0 Å². The van der Waals surface area contributed by atoms with Crippen LogP contribution in [0.3, 0.4) is 0 Å². The SMILES string of the molecule is CN1[CH-]N(c2[c-]c(C(C)(C)c3[c-]c4c(cc3)c3ccccc3n4-c3cc(C(C)(C)C)ccn3)ncc2)c2ccccc21.[Pt]. The van der Waals surface area contributed by atoms with Crippen LogP contribution in [0.1, 0.15) is 51.4 Å². The van der Waals surface area contributed by atoms with Crippen molar-refractivity contribution < 1.29 is 21.1 Å². The zero-order valence-corrected chi connectivity index (χ0v) is 27.6. The third kappa shape index (κ3) is 4.84. The minimum Gasteiger partial charge on any atom is -0.504 e. The minimum atomic E-state index is -0.447. The molecule has 43 heavy (non-hydrogen) atoms. The number of pyridine rings is 2. The van der Waals surface area contributed by atoms with Crippen molar-refractivity contribution in [3.63, 3.8) is 0 Å². The molecule has 3 aromatic carbocycles. The smallest absolute Gasteiger partial charge is 0.135 e. The Balaban J connectivity index is 0.00000329. The van der Waals surface area contributed by atoms with E-state index in [1.165, 1.54) is 16.6 Å². The Hall–Kier alpha value is -3.95. The number of nitrogens with zero attached hydrogens (tertiary/aromatic N) is 5. The molecule has 4 heterocycles. The summed E-state index contributed by atoms with van der Waals surface area (Å²) in [5.41, 5.74) is 8.13. The van der Waals surface area contributed by atoms with E-state index in [1.807, 2.05) is 18.5 Å². The first-order valence-corrected chi connectivity index (χ1v) is 14.4. The number of fused-ring (bicyclic) bond motifs is 4. The molecule has 0 amide bonds. The van der Waals surface area contributed by atoms with E-state index in [0.29, 0.717) is 0 Å². The zero-order valence-electron chi connectivity index (χ0n) is 25.3. The second-order valence-electron chi connectivity index (χ2n) is 12.7. The number of benzene rings is 3. The molecule has 7 rings (SSSR count). The van der Waals surface area contributed by atoms with Gasteiger partial charge >= 0.3 is 0 Å². The maximum atomic E-state index is 4.84. The van der Waals surface area contributed by atoms with Crippen molar-refractivity contribution in [1.29, 1.82) is 0 Å². The van der Waals surface area contributed by atoms with Crippen LogP contribution in [-0.4, -0.2) is 21.6 Å². The summed E-state index contributed by atoms with van der Waals surface area (Å²) in [7, 11) is 2.07. The van der Waals surface area contributed by atoms with Crippen molar-refractivity contribution in [2.45, 2.75) is 45.4 Å². The van der Waals surface area contributed by atoms with Crippen molar-refractivity contribution in [2.75, 3.05) is 16.8 Å². The normalized spacial score (nSPS) is 13.4. The first-order chi connectivity index (χ1) is 20.1. The molecule has 0 aliphatic carbocycles. The molecule has 0 spiro atoms. The monoisotopic (exact) mass is 743 g/mol. The van der Waals surface area contributed by atoms with Gasteiger partial charge < -0.3 is 14.4 Å². The van der Waals surface area contributed by atoms with E-state index >= 15 is 0 Å². The van der Waals surface area contributed by atoms with Crippen LogP contribution in [0.4, 0.5) is 17.1 Å². The van der Waals surface area contributed by atoms with E-state index in [4.69, 9.17) is 9.97 Å². The molecule has 0 fully saturated rings. The molecule has 0 atom stereocenters. The van der Waals surface area contributed by atoms with Crippen LogP contribution < -0.4 is 9.80 Å². The summed E-state index contributed by atoms with van der Waals surface area (Å²) in [5.74, 6) is 0.902. The maximum Gasteiger partial charge on any atom is 0.135 e. The molecule has 0 saturated carbocycles. The third-order valence-corrected chi connectivity index (χ3v) is 8.44. The summed E-state index contributed by atoms with van der Waals surface area (Å²) in [6, 6.07) is 35.2. The average molecular weight is 744 g/mol. The molecule has 0 bridgehead atoms. The fourth-order valence-corrected chi connectivity index (χ4v) is 5.92. The van der Waals surface area contributed by atoms with Crippen LogP contribution in [0.2, 0.25) is 0 Å². The molecule has 0 N–H and O–H groups in total. The van der Waals surface area contributed by atoms with Crippen LogP contribution in [0.5, 0.6) is 0 Å². The predicted octanol–water partition coefficient (Wildman–Crippen LogP) is 8.50. The van der Waals surface area contributed by atoms with Gasteiger partial charge in [-0.05, 0) is 64.9 Å². The van der Waals surface area contributed by atoms with Gasteiger partial charge in [-0.2, -0.15) is 42.2 Å². The van der Waals surface area contributed by atoms with Crippen LogP contribution in [-0.2, 0) is 31.9 Å². The Labute approximate surface area is 268 Å². The van der Waals surface area contributed by atoms with Crippen LogP contribution in [0.15, 0.2) is 91.3 Å². The molecule has 0 radical (unpaired) electrons. The van der Waals surface area contributed by atoms with Gasteiger partial charge in [0.15, 0.2) is 0 Å². The molecule has 1 aliphatic rings.